The van der Waals surface area contributed by atoms with Gasteiger partial charge in [0, 0.05) is 83.6 Å². The van der Waals surface area contributed by atoms with Gasteiger partial charge in [0.1, 0.15) is 23.7 Å². The molecule has 0 bridgehead atoms. The molecule has 84 heavy (non-hydrogen) atoms. The van der Waals surface area contributed by atoms with E-state index in [0.29, 0.717) is 172 Å². The number of morpholine rings is 1. The summed E-state index contributed by atoms with van der Waals surface area (Å²) in [5.41, 5.74) is 3.27. The molecule has 4 heterocycles. The second kappa shape index (κ2) is 31.4. The molecule has 4 amide bonds. The van der Waals surface area contributed by atoms with E-state index in [1.54, 1.807) is 56.8 Å². The van der Waals surface area contributed by atoms with Crippen LogP contribution in [0.2, 0.25) is 10.0 Å². The van der Waals surface area contributed by atoms with Crippen molar-refractivity contribution in [2.75, 3.05) is 124 Å². The summed E-state index contributed by atoms with van der Waals surface area (Å²) in [6, 6.07) is 15.9. The molecule has 0 aliphatic carbocycles. The van der Waals surface area contributed by atoms with Crippen molar-refractivity contribution in [3.63, 3.8) is 0 Å². The molecule has 0 atom stereocenters. The molecule has 7 rings (SSSR count). The smallest absolute Gasteiger partial charge is 0.410 e. The Balaban J connectivity index is 0.940. The van der Waals surface area contributed by atoms with Gasteiger partial charge in [0.05, 0.1) is 116 Å². The number of carbonyl (C=O) groups excluding carboxylic acids is 5. The van der Waals surface area contributed by atoms with Gasteiger partial charge < -0.3 is 67.4 Å². The van der Waals surface area contributed by atoms with Crippen molar-refractivity contribution >= 4 is 58.7 Å². The lowest BCUT2D eigenvalue weighted by Crippen LogP contribution is -2.55. The molecular weight excluding hydrogens is 1130 g/mol. The number of hydrogen-bond acceptors (Lipinski definition) is 16. The van der Waals surface area contributed by atoms with Crippen LogP contribution in [-0.4, -0.2) is 191 Å². The molecule has 3 aliphatic heterocycles. The van der Waals surface area contributed by atoms with Crippen molar-refractivity contribution < 1.29 is 71.3 Å². The van der Waals surface area contributed by atoms with Gasteiger partial charge in [-0.2, -0.15) is 5.10 Å². The number of carbonyl (C=O) groups is 5. The summed E-state index contributed by atoms with van der Waals surface area (Å²) in [4.78, 5) is 72.1. The first-order valence-electron chi connectivity index (χ1n) is 28.8. The Morgan fingerprint density at radius 3 is 2.06 bits per heavy atom. The highest BCUT2D eigenvalue weighted by molar-refractivity contribution is 6.34. The number of nitrogens with zero attached hydrogens (tertiary/aromatic N) is 5. The summed E-state index contributed by atoms with van der Waals surface area (Å²) >= 11 is 13.1. The maximum atomic E-state index is 14.5. The molecule has 3 aliphatic rings. The Morgan fingerprint density at radius 1 is 0.798 bits per heavy atom. The number of benzene rings is 3. The number of halogens is 2. The highest BCUT2D eigenvalue weighted by Crippen LogP contribution is 2.47. The van der Waals surface area contributed by atoms with Crippen LogP contribution in [0, 0.1) is 5.92 Å². The standard InChI is InChI=1S/C61H82Cl2N6O15/c1-41(2)38-83-55(72)16-21-76-24-26-78-28-30-80-31-29-79-27-25-77-22-19-67(46-14-17-66(18-15-46)59(74)84-60(3,4)5)54(71)13-12-53(70)64-45-11-9-10-42(32-45)48-36-49-52(37-51(48)75-8)82-39-50-56(58(73)68-20-23-81-40-61(68,6)7)65-69(57(49)50)47-34-43(62)33-44(63)35-47/h9-11,32-37,41,46H,12-31,38-40H2,1-8H3,(H,64,70). The van der Waals surface area contributed by atoms with E-state index in [-0.39, 0.29) is 81.1 Å². The van der Waals surface area contributed by atoms with Crippen LogP contribution in [0.25, 0.3) is 28.1 Å². The van der Waals surface area contributed by atoms with Crippen molar-refractivity contribution in [3.8, 4) is 39.6 Å². The second-order valence-corrected chi connectivity index (χ2v) is 23.6. The number of nitrogens with one attached hydrogen (secondary N) is 1. The zero-order valence-electron chi connectivity index (χ0n) is 49.7. The summed E-state index contributed by atoms with van der Waals surface area (Å²) in [6.07, 6.45) is 0.731. The quantitative estimate of drug-likeness (QED) is 0.0396. The van der Waals surface area contributed by atoms with E-state index in [2.05, 4.69) is 5.32 Å². The number of aromatic nitrogens is 2. The normalized spacial score (nSPS) is 15.0. The number of piperidine rings is 1. The van der Waals surface area contributed by atoms with Crippen molar-refractivity contribution in [2.45, 2.75) is 104 Å². The number of rotatable bonds is 29. The van der Waals surface area contributed by atoms with Crippen molar-refractivity contribution in [3.05, 3.63) is 75.9 Å². The highest BCUT2D eigenvalue weighted by Gasteiger charge is 2.40. The molecule has 0 spiro atoms. The van der Waals surface area contributed by atoms with E-state index < -0.39 is 17.2 Å². The van der Waals surface area contributed by atoms with Gasteiger partial charge in [-0.15, -0.1) is 0 Å². The van der Waals surface area contributed by atoms with Crippen LogP contribution < -0.4 is 14.8 Å². The molecule has 23 heteroatoms. The van der Waals surface area contributed by atoms with Crippen molar-refractivity contribution in [1.82, 2.24) is 24.5 Å². The lowest BCUT2D eigenvalue weighted by atomic mass is 9.95. The summed E-state index contributed by atoms with van der Waals surface area (Å²) in [5, 5.41) is 8.72. The molecule has 460 valence electrons. The summed E-state index contributed by atoms with van der Waals surface area (Å²) < 4.78 is 58.6. The molecule has 0 unspecified atom stereocenters. The Morgan fingerprint density at radius 2 is 1.44 bits per heavy atom. The molecule has 1 aromatic heterocycles. The van der Waals surface area contributed by atoms with E-state index in [0.717, 1.165) is 0 Å². The molecule has 21 nitrogen and oxygen atoms in total. The second-order valence-electron chi connectivity index (χ2n) is 22.7. The fraction of sp³-hybridized carbons (Fsp3) is 0.574. The third kappa shape index (κ3) is 19.0. The maximum absolute atomic E-state index is 14.5. The van der Waals surface area contributed by atoms with Gasteiger partial charge in [-0.05, 0) is 95.3 Å². The van der Waals surface area contributed by atoms with Gasteiger partial charge in [-0.1, -0.05) is 49.2 Å². The molecule has 1 N–H and O–H groups in total. The minimum absolute atomic E-state index is 0.0571. The fourth-order valence-corrected chi connectivity index (χ4v) is 10.4. The molecule has 3 aromatic carbocycles. The first kappa shape index (κ1) is 65.5. The molecule has 4 aromatic rings. The number of esters is 1. The Bertz CT molecular complexity index is 2850. The van der Waals surface area contributed by atoms with Gasteiger partial charge in [-0.3, -0.25) is 19.2 Å². The van der Waals surface area contributed by atoms with Gasteiger partial charge in [0.25, 0.3) is 5.91 Å². The van der Waals surface area contributed by atoms with E-state index in [9.17, 15) is 24.0 Å². The average Bonchev–Trinajstić information content (AvgIpc) is 2.56. The number of hydrogen-bond donors (Lipinski definition) is 1. The third-order valence-corrected chi connectivity index (χ3v) is 14.4. The van der Waals surface area contributed by atoms with Crippen LogP contribution in [0.15, 0.2) is 54.6 Å². The lowest BCUT2D eigenvalue weighted by Gasteiger charge is -2.41. The first-order chi connectivity index (χ1) is 40.2. The van der Waals surface area contributed by atoms with Crippen LogP contribution >= 0.6 is 23.2 Å². The van der Waals surface area contributed by atoms with Crippen molar-refractivity contribution in [1.29, 1.82) is 0 Å². The monoisotopic (exact) mass is 1210 g/mol. The summed E-state index contributed by atoms with van der Waals surface area (Å²) in [6.45, 7) is 19.5. The first-order valence-corrected chi connectivity index (χ1v) is 29.5. The SMILES string of the molecule is COc1cc2c(cc1-c1cccc(NC(=O)CCC(=O)N(CCOCCOCCOCCOCCOCCC(=O)OCC(C)C)C3CCN(C(=O)OC(C)(C)C)CC3)c1)-c1c(c(C(=O)N3CCOCC3(C)C)nn1-c1cc(Cl)cc(Cl)c1)CO2. The number of fused-ring (bicyclic) bond motifs is 3. The molecular formula is C61H82Cl2N6O15. The third-order valence-electron chi connectivity index (χ3n) is 14.0. The van der Waals surface area contributed by atoms with Gasteiger partial charge in [-0.25, -0.2) is 9.48 Å². The highest BCUT2D eigenvalue weighted by atomic mass is 35.5. The molecule has 0 saturated carbocycles. The summed E-state index contributed by atoms with van der Waals surface area (Å²) in [5.74, 6) is 0.205. The average molecular weight is 1210 g/mol. The van der Waals surface area contributed by atoms with E-state index in [4.69, 9.17) is 75.7 Å². The number of ether oxygens (including phenoxy) is 10. The maximum Gasteiger partial charge on any atom is 0.410 e. The van der Waals surface area contributed by atoms with Gasteiger partial charge in [0.15, 0.2) is 5.69 Å². The fourth-order valence-electron chi connectivity index (χ4n) is 9.84. The minimum Gasteiger partial charge on any atom is -0.496 e. The number of anilines is 1. The largest absolute Gasteiger partial charge is 0.496 e. The Kier molecular flexibility index (Phi) is 24.5. The zero-order valence-corrected chi connectivity index (χ0v) is 51.2. The van der Waals surface area contributed by atoms with Crippen LogP contribution in [0.3, 0.4) is 0 Å². The predicted octanol–water partition coefficient (Wildman–Crippen LogP) is 9.28. The van der Waals surface area contributed by atoms with E-state index in [1.165, 1.54) is 0 Å². The Labute approximate surface area is 502 Å². The molecule has 2 saturated heterocycles. The van der Waals surface area contributed by atoms with Gasteiger partial charge in [0.2, 0.25) is 11.8 Å². The van der Waals surface area contributed by atoms with E-state index >= 15 is 0 Å². The predicted molar refractivity (Wildman–Crippen MR) is 316 cm³/mol. The van der Waals surface area contributed by atoms with Crippen LogP contribution in [-0.2, 0) is 58.9 Å². The van der Waals surface area contributed by atoms with Crippen LogP contribution in [0.1, 0.15) is 96.6 Å². The van der Waals surface area contributed by atoms with Crippen LogP contribution in [0.5, 0.6) is 11.5 Å². The van der Waals surface area contributed by atoms with Crippen LogP contribution in [0.4, 0.5) is 10.5 Å². The molecule has 2 fully saturated rings. The lowest BCUT2D eigenvalue weighted by molar-refractivity contribution is -0.146. The Hall–Kier alpha value is -6.04. The molecule has 0 radical (unpaired) electrons. The van der Waals surface area contributed by atoms with Gasteiger partial charge >= 0.3 is 12.1 Å². The number of likely N-dealkylation sites (tertiary alicyclic amines) is 1. The number of methoxy groups -OCH3 is 1. The topological polar surface area (TPSA) is 217 Å². The number of amides is 4. The summed E-state index contributed by atoms with van der Waals surface area (Å²) in [7, 11) is 1.56. The van der Waals surface area contributed by atoms with Crippen molar-refractivity contribution in [2.24, 2.45) is 5.92 Å². The minimum atomic E-state index is -0.643. The zero-order chi connectivity index (χ0) is 60.4. The van der Waals surface area contributed by atoms with E-state index in [1.807, 2.05) is 72.7 Å².